The van der Waals surface area contributed by atoms with Gasteiger partial charge in [0.1, 0.15) is 5.82 Å². The average molecular weight is 266 g/mol. The van der Waals surface area contributed by atoms with E-state index in [0.29, 0.717) is 4.47 Å². The molecule has 1 unspecified atom stereocenters. The normalized spacial score (nSPS) is 13.5. The summed E-state index contributed by atoms with van der Waals surface area (Å²) in [5.74, 6) is -0.436. The molecule has 13 heavy (non-hydrogen) atoms. The molecule has 2 nitrogen and oxygen atoms in total. The highest BCUT2D eigenvalue weighted by Gasteiger charge is 2.10. The van der Waals surface area contributed by atoms with E-state index in [-0.39, 0.29) is 5.56 Å². The fourth-order valence-corrected chi connectivity index (χ4v) is 1.42. The van der Waals surface area contributed by atoms with E-state index in [4.69, 9.17) is 16.8 Å². The Morgan fingerprint density at radius 2 is 2.31 bits per heavy atom. The van der Waals surface area contributed by atoms with Crippen LogP contribution in [-0.4, -0.2) is 11.4 Å². The van der Waals surface area contributed by atoms with Crippen molar-refractivity contribution in [3.63, 3.8) is 0 Å². The second-order valence-electron chi connectivity index (χ2n) is 2.33. The van der Waals surface area contributed by atoms with Gasteiger partial charge in [0.15, 0.2) is 0 Å². The molecule has 70 valence electrons. The Morgan fingerprint density at radius 1 is 1.62 bits per heavy atom. The van der Waals surface area contributed by atoms with E-state index in [0.717, 1.165) is 6.21 Å². The van der Waals surface area contributed by atoms with Crippen LogP contribution in [0.5, 0.6) is 0 Å². The van der Waals surface area contributed by atoms with Crippen molar-refractivity contribution < 1.29 is 9.60 Å². The van der Waals surface area contributed by atoms with Gasteiger partial charge in [-0.3, -0.25) is 0 Å². The molecular weight excluding hydrogens is 260 g/mol. The van der Waals surface area contributed by atoms with Crippen molar-refractivity contribution >= 4 is 33.7 Å². The van der Waals surface area contributed by atoms with Gasteiger partial charge < -0.3 is 5.21 Å². The number of hydrogen-bond acceptors (Lipinski definition) is 2. The summed E-state index contributed by atoms with van der Waals surface area (Å²) in [6, 6.07) is 4.49. The zero-order chi connectivity index (χ0) is 9.84. The highest BCUT2D eigenvalue weighted by Crippen LogP contribution is 2.24. The molecule has 0 heterocycles. The van der Waals surface area contributed by atoms with E-state index in [1.54, 1.807) is 6.07 Å². The minimum atomic E-state index is -0.752. The van der Waals surface area contributed by atoms with Crippen molar-refractivity contribution in [2.75, 3.05) is 0 Å². The average Bonchev–Trinajstić information content (AvgIpc) is 2.04. The van der Waals surface area contributed by atoms with Crippen LogP contribution in [0.25, 0.3) is 0 Å². The van der Waals surface area contributed by atoms with Crippen LogP contribution in [0.15, 0.2) is 27.8 Å². The molecular formula is C8H6BrClFNO. The maximum absolute atomic E-state index is 13.2. The predicted molar refractivity (Wildman–Crippen MR) is 53.0 cm³/mol. The van der Waals surface area contributed by atoms with Gasteiger partial charge in [0.05, 0.1) is 11.6 Å². The van der Waals surface area contributed by atoms with E-state index in [9.17, 15) is 4.39 Å². The van der Waals surface area contributed by atoms with Crippen LogP contribution >= 0.6 is 27.5 Å². The molecule has 0 spiro atoms. The summed E-state index contributed by atoms with van der Waals surface area (Å²) in [4.78, 5) is 0. The summed E-state index contributed by atoms with van der Waals surface area (Å²) in [6.07, 6.45) is 1.05. The van der Waals surface area contributed by atoms with Crippen LogP contribution in [0, 0.1) is 5.82 Å². The second-order valence-corrected chi connectivity index (χ2v) is 3.72. The molecule has 0 saturated heterocycles. The molecule has 1 rings (SSSR count). The Kier molecular flexibility index (Phi) is 3.69. The van der Waals surface area contributed by atoms with E-state index < -0.39 is 11.2 Å². The lowest BCUT2D eigenvalue weighted by molar-refractivity contribution is 0.320. The Hall–Kier alpha value is -0.610. The highest BCUT2D eigenvalue weighted by atomic mass is 79.9. The van der Waals surface area contributed by atoms with Crippen molar-refractivity contribution in [2.24, 2.45) is 5.16 Å². The highest BCUT2D eigenvalue weighted by molar-refractivity contribution is 9.10. The summed E-state index contributed by atoms with van der Waals surface area (Å²) in [7, 11) is 0. The minimum absolute atomic E-state index is 0.280. The number of benzene rings is 1. The molecule has 0 aliphatic rings. The van der Waals surface area contributed by atoms with Gasteiger partial charge in [-0.25, -0.2) is 4.39 Å². The summed E-state index contributed by atoms with van der Waals surface area (Å²) >= 11 is 8.82. The monoisotopic (exact) mass is 265 g/mol. The third-order valence-corrected chi connectivity index (χ3v) is 2.30. The number of alkyl halides is 1. The lowest BCUT2D eigenvalue weighted by Crippen LogP contribution is -1.95. The first-order valence-electron chi connectivity index (χ1n) is 3.41. The van der Waals surface area contributed by atoms with Gasteiger partial charge in [-0.05, 0) is 12.1 Å². The molecule has 5 heteroatoms. The van der Waals surface area contributed by atoms with Crippen molar-refractivity contribution in [1.82, 2.24) is 0 Å². The number of oxime groups is 1. The van der Waals surface area contributed by atoms with Gasteiger partial charge in [0.25, 0.3) is 0 Å². The lowest BCUT2D eigenvalue weighted by Gasteiger charge is -2.04. The van der Waals surface area contributed by atoms with Crippen LogP contribution < -0.4 is 0 Å². The Morgan fingerprint density at radius 3 is 2.85 bits per heavy atom. The van der Waals surface area contributed by atoms with E-state index >= 15 is 0 Å². The summed E-state index contributed by atoms with van der Waals surface area (Å²) < 4.78 is 13.8. The fourth-order valence-electron chi connectivity index (χ4n) is 0.864. The number of rotatable bonds is 2. The minimum Gasteiger partial charge on any atom is -0.411 e. The second kappa shape index (κ2) is 4.58. The Balaban J connectivity index is 3.01. The van der Waals surface area contributed by atoms with Crippen molar-refractivity contribution in [1.29, 1.82) is 0 Å². The van der Waals surface area contributed by atoms with Gasteiger partial charge in [0.2, 0.25) is 0 Å². The lowest BCUT2D eigenvalue weighted by atomic mass is 10.1. The standard InChI is InChI=1S/C8H6BrClFNO/c9-5-1-2-6(8(11)3-5)7(10)4-12-13/h1-4,7,13H. The van der Waals surface area contributed by atoms with E-state index in [1.165, 1.54) is 12.1 Å². The van der Waals surface area contributed by atoms with Crippen LogP contribution in [0.4, 0.5) is 4.39 Å². The van der Waals surface area contributed by atoms with Crippen molar-refractivity contribution in [2.45, 2.75) is 5.38 Å². The van der Waals surface area contributed by atoms with E-state index in [2.05, 4.69) is 21.1 Å². The quantitative estimate of drug-likeness (QED) is 0.379. The first-order chi connectivity index (χ1) is 6.15. The molecule has 0 aliphatic heterocycles. The van der Waals surface area contributed by atoms with Crippen LogP contribution in [0.3, 0.4) is 0 Å². The summed E-state index contributed by atoms with van der Waals surface area (Å²) in [6.45, 7) is 0. The molecule has 0 aliphatic carbocycles. The topological polar surface area (TPSA) is 32.6 Å². The molecule has 0 fully saturated rings. The van der Waals surface area contributed by atoms with Crippen molar-refractivity contribution in [3.05, 3.63) is 34.1 Å². The van der Waals surface area contributed by atoms with Gasteiger partial charge in [-0.2, -0.15) is 0 Å². The fraction of sp³-hybridized carbons (Fsp3) is 0.125. The first-order valence-corrected chi connectivity index (χ1v) is 4.64. The summed E-state index contributed by atoms with van der Waals surface area (Å²) in [5, 5.41) is 10.2. The largest absolute Gasteiger partial charge is 0.411 e. The number of halogens is 3. The summed E-state index contributed by atoms with van der Waals surface area (Å²) in [5.41, 5.74) is 0.280. The van der Waals surface area contributed by atoms with Gasteiger partial charge >= 0.3 is 0 Å². The van der Waals surface area contributed by atoms with Crippen LogP contribution in [0.1, 0.15) is 10.9 Å². The zero-order valence-electron chi connectivity index (χ0n) is 6.42. The molecule has 0 bridgehead atoms. The maximum atomic E-state index is 13.2. The van der Waals surface area contributed by atoms with Crippen LogP contribution in [-0.2, 0) is 0 Å². The van der Waals surface area contributed by atoms with Crippen molar-refractivity contribution in [3.8, 4) is 0 Å². The van der Waals surface area contributed by atoms with Gasteiger partial charge in [-0.1, -0.05) is 22.0 Å². The molecule has 0 saturated carbocycles. The molecule has 1 aromatic rings. The van der Waals surface area contributed by atoms with Crippen LogP contribution in [0.2, 0.25) is 0 Å². The molecule has 1 N–H and O–H groups in total. The van der Waals surface area contributed by atoms with Gasteiger partial charge in [0, 0.05) is 10.0 Å². The molecule has 1 aromatic carbocycles. The molecule has 0 aromatic heterocycles. The molecule has 0 amide bonds. The molecule has 0 radical (unpaired) electrons. The Bertz CT molecular complexity index is 332. The Labute approximate surface area is 88.1 Å². The smallest absolute Gasteiger partial charge is 0.129 e. The number of nitrogens with zero attached hydrogens (tertiary/aromatic N) is 1. The molecule has 1 atom stereocenters. The first kappa shape index (κ1) is 10.5. The zero-order valence-corrected chi connectivity index (χ0v) is 8.76. The third-order valence-electron chi connectivity index (χ3n) is 1.46. The maximum Gasteiger partial charge on any atom is 0.129 e. The predicted octanol–water partition coefficient (Wildman–Crippen LogP) is 3.33. The van der Waals surface area contributed by atoms with Gasteiger partial charge in [-0.15, -0.1) is 16.8 Å². The third kappa shape index (κ3) is 2.67. The van der Waals surface area contributed by atoms with E-state index in [1.807, 2.05) is 0 Å². The number of hydrogen-bond donors (Lipinski definition) is 1. The SMILES string of the molecule is ON=CC(Cl)c1ccc(Br)cc1F.